The van der Waals surface area contributed by atoms with Crippen LogP contribution in [0.1, 0.15) is 0 Å². The van der Waals surface area contributed by atoms with Crippen molar-refractivity contribution >= 4 is 37.6 Å². The zero-order chi connectivity index (χ0) is 10.9. The molecule has 0 spiro atoms. The molecular weight excluding hydrogens is 308 g/mol. The molecule has 0 aliphatic rings. The maximum absolute atomic E-state index is 5.34. The van der Waals surface area contributed by atoms with Crippen LogP contribution in [0.15, 0.2) is 0 Å². The van der Waals surface area contributed by atoms with E-state index in [9.17, 15) is 0 Å². The topological polar surface area (TPSA) is 27.7 Å². The van der Waals surface area contributed by atoms with E-state index >= 15 is 0 Å². The van der Waals surface area contributed by atoms with Gasteiger partial charge in [-0.25, -0.2) is 0 Å². The summed E-state index contributed by atoms with van der Waals surface area (Å²) in [4.78, 5) is 0. The Balaban J connectivity index is 0. The van der Waals surface area contributed by atoms with E-state index in [1.54, 1.807) is 14.2 Å². The summed E-state index contributed by atoms with van der Waals surface area (Å²) in [6.07, 6.45) is 0. The second-order valence-corrected chi connectivity index (χ2v) is 15.7. The van der Waals surface area contributed by atoms with Gasteiger partial charge in [0.1, 0.15) is 0 Å². The zero-order valence-corrected chi connectivity index (χ0v) is 14.8. The Labute approximate surface area is 93.1 Å². The first-order valence-electron chi connectivity index (χ1n) is 4.07. The first kappa shape index (κ1) is 16.8. The Morgan fingerprint density at radius 1 is 0.846 bits per heavy atom. The third kappa shape index (κ3) is 19.7. The molecule has 0 aromatic carbocycles. The first-order valence-corrected chi connectivity index (χ1v) is 16.5. The van der Waals surface area contributed by atoms with Gasteiger partial charge in [-0.2, -0.15) is 0 Å². The minimum absolute atomic E-state index is 0.333. The normalized spacial score (nSPS) is 10.6. The Bertz CT molecular complexity index is 97.0. The van der Waals surface area contributed by atoms with Gasteiger partial charge in [0.05, 0.1) is 0 Å². The van der Waals surface area contributed by atoms with Crippen LogP contribution in [0.2, 0.25) is 28.8 Å². The Morgan fingerprint density at radius 2 is 1.15 bits per heavy atom. The molecule has 0 unspecified atom stereocenters. The van der Waals surface area contributed by atoms with Crippen molar-refractivity contribution in [3.05, 3.63) is 0 Å². The third-order valence-electron chi connectivity index (χ3n) is 0.555. The molecule has 6 heteroatoms. The molecule has 80 valence electrons. The Hall–Kier alpha value is 1.40. The van der Waals surface area contributed by atoms with E-state index in [2.05, 4.69) is 28.8 Å². The van der Waals surface area contributed by atoms with Crippen LogP contribution >= 0.6 is 8.60 Å². The number of hydrogen-bond acceptors (Lipinski definition) is 3. The van der Waals surface area contributed by atoms with E-state index in [1.807, 2.05) is 0 Å². The van der Waals surface area contributed by atoms with E-state index in [1.165, 1.54) is 0 Å². The van der Waals surface area contributed by atoms with E-state index < -0.39 is 23.3 Å². The van der Waals surface area contributed by atoms with E-state index in [0.717, 1.165) is 0 Å². The van der Waals surface area contributed by atoms with Crippen molar-refractivity contribution < 1.29 is 12.6 Å². The molecule has 0 atom stereocenters. The average molecular weight is 329 g/mol. The molecule has 0 amide bonds. The van der Waals surface area contributed by atoms with Crippen LogP contribution in [-0.2, 0) is 12.6 Å². The fourth-order valence-electron chi connectivity index (χ4n) is 0.298. The molecule has 0 bridgehead atoms. The van der Waals surface area contributed by atoms with Crippen LogP contribution < -0.4 is 0 Å². The Kier molecular flexibility index (Phi) is 14.8. The molecule has 13 heavy (non-hydrogen) atoms. The van der Waals surface area contributed by atoms with Crippen molar-refractivity contribution in [3.8, 4) is 0 Å². The summed E-state index contributed by atoms with van der Waals surface area (Å²) in [5.41, 5.74) is 0. The molecule has 0 N–H and O–H groups in total. The second-order valence-electron chi connectivity index (χ2n) is 3.09. The molecule has 0 saturated heterocycles. The first-order chi connectivity index (χ1) is 5.93. The van der Waals surface area contributed by atoms with Crippen molar-refractivity contribution in [3.63, 3.8) is 0 Å². The Morgan fingerprint density at radius 3 is 1.23 bits per heavy atom. The van der Waals surface area contributed by atoms with Crippen LogP contribution in [0.4, 0.5) is 0 Å². The number of hydrogen-bond donors (Lipinski definition) is 0. The van der Waals surface area contributed by atoms with Gasteiger partial charge < -0.3 is 0 Å². The van der Waals surface area contributed by atoms with Crippen LogP contribution in [0.3, 0.4) is 0 Å². The van der Waals surface area contributed by atoms with Crippen molar-refractivity contribution in [2.24, 2.45) is 0 Å². The summed E-state index contributed by atoms with van der Waals surface area (Å²) >= 11 is -1.55. The summed E-state index contributed by atoms with van der Waals surface area (Å²) in [5, 5.41) is 0. The predicted molar refractivity (Wildman–Crippen MR) is 62.9 cm³/mol. The van der Waals surface area contributed by atoms with Gasteiger partial charge in [-0.1, -0.05) is 0 Å². The fourth-order valence-corrected chi connectivity index (χ4v) is 3.71. The van der Waals surface area contributed by atoms with Crippen LogP contribution in [-0.4, -0.2) is 43.3 Å². The molecule has 0 fully saturated rings. The third-order valence-corrected chi connectivity index (χ3v) is 4.90. The molecule has 3 nitrogen and oxygen atoms in total. The van der Waals surface area contributed by atoms with Crippen LogP contribution in [0.5, 0.6) is 0 Å². The monoisotopic (exact) mass is 332 g/mol. The van der Waals surface area contributed by atoms with Crippen molar-refractivity contribution in [1.82, 2.24) is 0 Å². The molecule has 0 saturated carbocycles. The van der Waals surface area contributed by atoms with E-state index in [4.69, 9.17) is 12.6 Å². The molecule has 0 aromatic heterocycles. The van der Waals surface area contributed by atoms with Gasteiger partial charge in [0.2, 0.25) is 0 Å². The van der Waals surface area contributed by atoms with Gasteiger partial charge in [0.15, 0.2) is 0 Å². The quantitative estimate of drug-likeness (QED) is 0.586. The van der Waals surface area contributed by atoms with Crippen LogP contribution in [0, 0.1) is 0 Å². The molecule has 0 heterocycles. The van der Waals surface area contributed by atoms with Gasteiger partial charge >= 0.3 is 93.2 Å². The molecule has 0 aliphatic carbocycles. The molecule has 0 aliphatic heterocycles. The van der Waals surface area contributed by atoms with Gasteiger partial charge in [-0.15, -0.1) is 0 Å². The molecule has 0 aromatic rings. The average Bonchev–Trinajstić information content (AvgIpc) is 1.98. The minimum atomic E-state index is -1.21. The number of rotatable bonds is 4. The summed E-state index contributed by atoms with van der Waals surface area (Å²) in [7, 11) is 2.17. The predicted octanol–water partition coefficient (Wildman–Crippen LogP) is 3.14. The van der Waals surface area contributed by atoms with Crippen molar-refractivity contribution in [2.45, 2.75) is 28.8 Å². The molecular formula is C7H21Ge2O3P. The van der Waals surface area contributed by atoms with Gasteiger partial charge in [-0.05, 0) is 0 Å². The summed E-state index contributed by atoms with van der Waals surface area (Å²) in [5.74, 6) is 11.2. The van der Waals surface area contributed by atoms with Gasteiger partial charge in [0, 0.05) is 0 Å². The van der Waals surface area contributed by atoms with Gasteiger partial charge in [0.25, 0.3) is 0 Å². The summed E-state index contributed by atoms with van der Waals surface area (Å²) < 4.78 is 15.1. The molecule has 0 rings (SSSR count). The standard InChI is InChI=1S/C4H12GeO3P.C3H9Ge/c1-5(2)8-9(6-3)7-4;1-4(2)3/h1-4H3;1-3H3. The second kappa shape index (κ2) is 11.5. The van der Waals surface area contributed by atoms with Crippen LogP contribution in [0.25, 0.3) is 0 Å². The SMILES string of the molecule is COP(OC)[O][Ge]([CH3])[CH3].[CH3][Ge]([CH3])[CH3]. The van der Waals surface area contributed by atoms with Crippen molar-refractivity contribution in [1.29, 1.82) is 0 Å². The molecule has 2 radical (unpaired) electrons. The van der Waals surface area contributed by atoms with Crippen molar-refractivity contribution in [2.75, 3.05) is 14.2 Å². The summed E-state index contributed by atoms with van der Waals surface area (Å²) in [6, 6.07) is 0. The zero-order valence-electron chi connectivity index (χ0n) is 9.67. The maximum atomic E-state index is 5.34. The fraction of sp³-hybridized carbons (Fsp3) is 1.00. The van der Waals surface area contributed by atoms with E-state index in [0.29, 0.717) is 0 Å². The van der Waals surface area contributed by atoms with E-state index in [-0.39, 0.29) is 14.3 Å². The van der Waals surface area contributed by atoms with Gasteiger partial charge in [-0.3, -0.25) is 0 Å². The summed E-state index contributed by atoms with van der Waals surface area (Å²) in [6.45, 7) is 0.